The molecule has 1 heterocycles. The summed E-state index contributed by atoms with van der Waals surface area (Å²) in [6.45, 7) is 6.05. The van der Waals surface area contributed by atoms with E-state index < -0.39 is 11.8 Å². The number of hydrogen-bond acceptors (Lipinski definition) is 4. The molecule has 2 aromatic carbocycles. The standard InChI is InChI=1S/C21H24Br2N4O2/c22-17-3-1-16(2-4-17)15-27-13-11-26(12-14-27)10-9-24-20(28)21(29)25-19-7-5-18(23)6-8-19/h1-8H,9-15H2,(H,24,28)(H,25,29). The molecule has 0 aliphatic carbocycles. The fraction of sp³-hybridized carbons (Fsp3) is 0.333. The highest BCUT2D eigenvalue weighted by molar-refractivity contribution is 9.10. The van der Waals surface area contributed by atoms with Gasteiger partial charge in [-0.2, -0.15) is 0 Å². The molecule has 2 aromatic rings. The number of amides is 2. The molecule has 1 fully saturated rings. The zero-order valence-corrected chi connectivity index (χ0v) is 19.2. The maximum atomic E-state index is 12.0. The number of nitrogens with zero attached hydrogens (tertiary/aromatic N) is 2. The van der Waals surface area contributed by atoms with Crippen molar-refractivity contribution in [3.63, 3.8) is 0 Å². The van der Waals surface area contributed by atoms with E-state index in [2.05, 4.69) is 76.6 Å². The summed E-state index contributed by atoms with van der Waals surface area (Å²) in [7, 11) is 0. The molecule has 0 saturated carbocycles. The predicted octanol–water partition coefficient (Wildman–Crippen LogP) is 3.08. The number of rotatable bonds is 6. The zero-order valence-electron chi connectivity index (χ0n) is 16.0. The zero-order chi connectivity index (χ0) is 20.6. The summed E-state index contributed by atoms with van der Waals surface area (Å²) >= 11 is 6.80. The van der Waals surface area contributed by atoms with Crippen molar-refractivity contribution in [2.45, 2.75) is 6.54 Å². The van der Waals surface area contributed by atoms with Crippen LogP contribution in [0, 0.1) is 0 Å². The van der Waals surface area contributed by atoms with Gasteiger partial charge in [0.2, 0.25) is 0 Å². The third kappa shape index (κ3) is 7.22. The summed E-state index contributed by atoms with van der Waals surface area (Å²) in [6, 6.07) is 15.5. The second-order valence-electron chi connectivity index (χ2n) is 6.96. The Kier molecular flexibility index (Phi) is 8.23. The quantitative estimate of drug-likeness (QED) is 0.571. The normalized spacial score (nSPS) is 15.1. The van der Waals surface area contributed by atoms with Crippen LogP contribution in [0.1, 0.15) is 5.56 Å². The van der Waals surface area contributed by atoms with Gasteiger partial charge in [-0.15, -0.1) is 0 Å². The summed E-state index contributed by atoms with van der Waals surface area (Å²) in [5.41, 5.74) is 1.90. The van der Waals surface area contributed by atoms with Gasteiger partial charge in [0.1, 0.15) is 0 Å². The first-order valence-corrected chi connectivity index (χ1v) is 11.1. The Bertz CT molecular complexity index is 820. The van der Waals surface area contributed by atoms with Gasteiger partial charge in [-0.25, -0.2) is 0 Å². The molecule has 154 valence electrons. The van der Waals surface area contributed by atoms with Crippen molar-refractivity contribution < 1.29 is 9.59 Å². The van der Waals surface area contributed by atoms with Crippen LogP contribution < -0.4 is 10.6 Å². The summed E-state index contributed by atoms with van der Waals surface area (Å²) in [4.78, 5) is 28.7. The molecule has 0 atom stereocenters. The van der Waals surface area contributed by atoms with E-state index in [1.165, 1.54) is 5.56 Å². The van der Waals surface area contributed by atoms with Gasteiger partial charge in [-0.3, -0.25) is 19.4 Å². The first kappa shape index (κ1) is 22.0. The Hall–Kier alpha value is -1.74. The number of piperazine rings is 1. The van der Waals surface area contributed by atoms with Crippen molar-refractivity contribution >= 4 is 49.4 Å². The highest BCUT2D eigenvalue weighted by atomic mass is 79.9. The maximum Gasteiger partial charge on any atom is 0.313 e. The molecule has 0 radical (unpaired) electrons. The van der Waals surface area contributed by atoms with Gasteiger partial charge in [0.05, 0.1) is 0 Å². The third-order valence-corrected chi connectivity index (χ3v) is 5.86. The van der Waals surface area contributed by atoms with Crippen LogP contribution in [-0.2, 0) is 16.1 Å². The van der Waals surface area contributed by atoms with Crippen molar-refractivity contribution in [3.8, 4) is 0 Å². The van der Waals surface area contributed by atoms with E-state index in [1.807, 2.05) is 12.1 Å². The SMILES string of the molecule is O=C(NCCN1CCN(Cc2ccc(Br)cc2)CC1)C(=O)Nc1ccc(Br)cc1. The molecule has 1 aliphatic rings. The summed E-state index contributed by atoms with van der Waals surface area (Å²) in [5, 5.41) is 5.29. The Labute approximate surface area is 187 Å². The van der Waals surface area contributed by atoms with Crippen LogP contribution >= 0.6 is 31.9 Å². The number of carbonyl (C=O) groups excluding carboxylic acids is 2. The average molecular weight is 524 g/mol. The smallest absolute Gasteiger partial charge is 0.313 e. The van der Waals surface area contributed by atoms with E-state index in [4.69, 9.17) is 0 Å². The molecular weight excluding hydrogens is 500 g/mol. The number of anilines is 1. The van der Waals surface area contributed by atoms with E-state index in [0.29, 0.717) is 12.2 Å². The fourth-order valence-electron chi connectivity index (χ4n) is 3.15. The minimum absolute atomic E-state index is 0.458. The van der Waals surface area contributed by atoms with Crippen molar-refractivity contribution in [2.75, 3.05) is 44.6 Å². The second-order valence-corrected chi connectivity index (χ2v) is 8.79. The van der Waals surface area contributed by atoms with Crippen LogP contribution in [0.15, 0.2) is 57.5 Å². The number of benzene rings is 2. The average Bonchev–Trinajstić information content (AvgIpc) is 2.72. The van der Waals surface area contributed by atoms with Gasteiger partial charge in [-0.05, 0) is 42.0 Å². The predicted molar refractivity (Wildman–Crippen MR) is 122 cm³/mol. The van der Waals surface area contributed by atoms with E-state index in [-0.39, 0.29) is 0 Å². The minimum atomic E-state index is -0.647. The van der Waals surface area contributed by atoms with Crippen molar-refractivity contribution in [2.24, 2.45) is 0 Å². The molecule has 0 spiro atoms. The van der Waals surface area contributed by atoms with Gasteiger partial charge in [0.15, 0.2) is 0 Å². The van der Waals surface area contributed by atoms with Crippen molar-refractivity contribution in [3.05, 3.63) is 63.0 Å². The highest BCUT2D eigenvalue weighted by Crippen LogP contribution is 2.14. The van der Waals surface area contributed by atoms with Crippen molar-refractivity contribution in [1.82, 2.24) is 15.1 Å². The highest BCUT2D eigenvalue weighted by Gasteiger charge is 2.18. The van der Waals surface area contributed by atoms with Crippen LogP contribution in [-0.4, -0.2) is 60.9 Å². The van der Waals surface area contributed by atoms with Crippen molar-refractivity contribution in [1.29, 1.82) is 0 Å². The molecule has 0 bridgehead atoms. The van der Waals surface area contributed by atoms with Crippen LogP contribution in [0.4, 0.5) is 5.69 Å². The number of halogens is 2. The van der Waals surface area contributed by atoms with Gasteiger partial charge < -0.3 is 10.6 Å². The molecule has 6 nitrogen and oxygen atoms in total. The lowest BCUT2D eigenvalue weighted by Gasteiger charge is -2.34. The molecule has 2 N–H and O–H groups in total. The van der Waals surface area contributed by atoms with E-state index in [9.17, 15) is 9.59 Å². The van der Waals surface area contributed by atoms with Crippen LogP contribution in [0.2, 0.25) is 0 Å². The largest absolute Gasteiger partial charge is 0.347 e. The summed E-state index contributed by atoms with van der Waals surface area (Å²) in [6.07, 6.45) is 0. The molecule has 3 rings (SSSR count). The Morgan fingerprint density at radius 3 is 1.97 bits per heavy atom. The molecule has 0 aromatic heterocycles. The Balaban J connectivity index is 1.32. The topological polar surface area (TPSA) is 64.7 Å². The molecule has 29 heavy (non-hydrogen) atoms. The number of hydrogen-bond donors (Lipinski definition) is 2. The third-order valence-electron chi connectivity index (χ3n) is 4.81. The molecular formula is C21H24Br2N4O2. The first-order chi connectivity index (χ1) is 14.0. The Morgan fingerprint density at radius 2 is 1.34 bits per heavy atom. The van der Waals surface area contributed by atoms with E-state index in [0.717, 1.165) is 48.2 Å². The lowest BCUT2D eigenvalue weighted by atomic mass is 10.2. The van der Waals surface area contributed by atoms with Crippen LogP contribution in [0.5, 0.6) is 0 Å². The van der Waals surface area contributed by atoms with Crippen LogP contribution in [0.25, 0.3) is 0 Å². The molecule has 1 saturated heterocycles. The van der Waals surface area contributed by atoms with E-state index >= 15 is 0 Å². The summed E-state index contributed by atoms with van der Waals surface area (Å²) < 4.78 is 2.01. The maximum absolute atomic E-state index is 12.0. The first-order valence-electron chi connectivity index (χ1n) is 9.53. The van der Waals surface area contributed by atoms with Gasteiger partial charge in [-0.1, -0.05) is 44.0 Å². The Morgan fingerprint density at radius 1 is 0.793 bits per heavy atom. The minimum Gasteiger partial charge on any atom is -0.347 e. The lowest BCUT2D eigenvalue weighted by molar-refractivity contribution is -0.136. The van der Waals surface area contributed by atoms with Gasteiger partial charge >= 0.3 is 11.8 Å². The lowest BCUT2D eigenvalue weighted by Crippen LogP contribution is -2.48. The fourth-order valence-corrected chi connectivity index (χ4v) is 3.68. The second kappa shape index (κ2) is 10.9. The molecule has 1 aliphatic heterocycles. The summed E-state index contributed by atoms with van der Waals surface area (Å²) in [5.74, 6) is -1.26. The molecule has 2 amide bonds. The van der Waals surface area contributed by atoms with E-state index in [1.54, 1.807) is 12.1 Å². The molecule has 8 heteroatoms. The molecule has 0 unspecified atom stereocenters. The van der Waals surface area contributed by atoms with Gasteiger partial charge in [0, 0.05) is 60.4 Å². The van der Waals surface area contributed by atoms with Gasteiger partial charge in [0.25, 0.3) is 0 Å². The number of carbonyl (C=O) groups is 2. The number of nitrogens with one attached hydrogen (secondary N) is 2. The monoisotopic (exact) mass is 522 g/mol. The van der Waals surface area contributed by atoms with Crippen LogP contribution in [0.3, 0.4) is 0 Å².